The van der Waals surface area contributed by atoms with Crippen LogP contribution in [0.3, 0.4) is 0 Å². The van der Waals surface area contributed by atoms with E-state index in [0.717, 1.165) is 28.1 Å². The Morgan fingerprint density at radius 1 is 0.500 bits per heavy atom. The second-order valence-electron chi connectivity index (χ2n) is 13.2. The molecule has 216 valence electrons. The Balaban J connectivity index is 1.13. The maximum absolute atomic E-state index is 5.13. The van der Waals surface area contributed by atoms with Gasteiger partial charge in [0.25, 0.3) is 0 Å². The lowest BCUT2D eigenvalue weighted by Gasteiger charge is -2.23. The molecule has 2 heteroatoms. The third-order valence-electron chi connectivity index (χ3n) is 10.3. The monoisotopic (exact) mass is 586 g/mol. The maximum atomic E-state index is 5.13. The molecule has 0 fully saturated rings. The number of nitrogens with zero attached hydrogens (tertiary/aromatic N) is 2. The minimum absolute atomic E-state index is 0.127. The van der Waals surface area contributed by atoms with E-state index in [1.165, 1.54) is 66.4 Å². The first-order valence-electron chi connectivity index (χ1n) is 16.1. The average molecular weight is 587 g/mol. The molecule has 0 saturated carbocycles. The third kappa shape index (κ3) is 3.39. The molecule has 0 spiro atoms. The normalized spacial score (nSPS) is 13.6. The summed E-state index contributed by atoms with van der Waals surface area (Å²) in [7, 11) is 0. The minimum atomic E-state index is -0.127. The van der Waals surface area contributed by atoms with Crippen LogP contribution in [0.1, 0.15) is 25.0 Å². The van der Waals surface area contributed by atoms with Crippen molar-refractivity contribution >= 4 is 21.8 Å². The number of rotatable bonds is 3. The summed E-state index contributed by atoms with van der Waals surface area (Å²) in [5.41, 5.74) is 17.6. The third-order valence-corrected chi connectivity index (χ3v) is 10.3. The number of benzene rings is 7. The first-order chi connectivity index (χ1) is 22.6. The molecule has 0 N–H and O–H groups in total. The van der Waals surface area contributed by atoms with Crippen LogP contribution in [-0.2, 0) is 5.41 Å². The molecule has 7 aromatic carbocycles. The molecule has 0 bridgehead atoms. The van der Waals surface area contributed by atoms with Crippen LogP contribution < -0.4 is 0 Å². The van der Waals surface area contributed by atoms with Crippen molar-refractivity contribution in [3.8, 4) is 61.6 Å². The highest BCUT2D eigenvalue weighted by molar-refractivity contribution is 6.20. The van der Waals surface area contributed by atoms with Crippen LogP contribution in [0.4, 0.5) is 0 Å². The number of imidazole rings is 1. The molecule has 0 radical (unpaired) electrons. The summed E-state index contributed by atoms with van der Waals surface area (Å²) in [6.45, 7) is 4.78. The van der Waals surface area contributed by atoms with Crippen molar-refractivity contribution < 1.29 is 0 Å². The van der Waals surface area contributed by atoms with Gasteiger partial charge in [-0.15, -0.1) is 0 Å². The van der Waals surface area contributed by atoms with Crippen molar-refractivity contribution in [2.24, 2.45) is 0 Å². The van der Waals surface area contributed by atoms with E-state index in [9.17, 15) is 0 Å². The molecule has 1 heterocycles. The summed E-state index contributed by atoms with van der Waals surface area (Å²) < 4.78 is 2.27. The highest BCUT2D eigenvalue weighted by Crippen LogP contribution is 2.57. The van der Waals surface area contributed by atoms with Gasteiger partial charge in [-0.25, -0.2) is 4.98 Å². The topological polar surface area (TPSA) is 17.8 Å². The molecule has 2 nitrogen and oxygen atoms in total. The first kappa shape index (κ1) is 25.6. The van der Waals surface area contributed by atoms with Crippen LogP contribution >= 0.6 is 0 Å². The van der Waals surface area contributed by atoms with E-state index in [2.05, 4.69) is 164 Å². The van der Waals surface area contributed by atoms with Crippen LogP contribution in [0, 0.1) is 0 Å². The maximum Gasteiger partial charge on any atom is 0.145 e. The number of hydrogen-bond donors (Lipinski definition) is 0. The molecule has 0 amide bonds. The first-order valence-corrected chi connectivity index (χ1v) is 16.1. The molecule has 46 heavy (non-hydrogen) atoms. The molecule has 0 saturated heterocycles. The quantitative estimate of drug-likeness (QED) is 0.201. The zero-order valence-electron chi connectivity index (χ0n) is 25.8. The SMILES string of the molecule is CC1(C)c2cc(-c3cccc(-c4nc5ccccc5n4-c4ccccc4)c3)ccc2-c2c1cc1c3c(cccc23)-c2ccccc2-1. The average Bonchev–Trinajstić information content (AvgIpc) is 3.73. The second kappa shape index (κ2) is 9.15. The molecule has 2 aliphatic carbocycles. The number of hydrogen-bond acceptors (Lipinski definition) is 1. The van der Waals surface area contributed by atoms with Gasteiger partial charge in [-0.2, -0.15) is 0 Å². The van der Waals surface area contributed by atoms with Gasteiger partial charge in [-0.05, 0) is 109 Å². The number of para-hydroxylation sites is 3. The molecule has 1 aromatic heterocycles. The zero-order chi connectivity index (χ0) is 30.6. The Hall–Kier alpha value is -5.73. The van der Waals surface area contributed by atoms with Crippen LogP contribution in [0.2, 0.25) is 0 Å². The minimum Gasteiger partial charge on any atom is -0.292 e. The summed E-state index contributed by atoms with van der Waals surface area (Å²) in [5, 5.41) is 2.76. The van der Waals surface area contributed by atoms with Gasteiger partial charge in [0.15, 0.2) is 0 Å². The van der Waals surface area contributed by atoms with Crippen LogP contribution in [0.25, 0.3) is 83.4 Å². The molecular formula is C44H30N2. The molecule has 8 aromatic rings. The molecule has 10 rings (SSSR count). The summed E-state index contributed by atoms with van der Waals surface area (Å²) in [6, 6.07) is 53.1. The van der Waals surface area contributed by atoms with Crippen molar-refractivity contribution in [2.75, 3.05) is 0 Å². The largest absolute Gasteiger partial charge is 0.292 e. The molecular weight excluding hydrogens is 556 g/mol. The van der Waals surface area contributed by atoms with E-state index in [-0.39, 0.29) is 5.41 Å². The summed E-state index contributed by atoms with van der Waals surface area (Å²) in [6.07, 6.45) is 0. The van der Waals surface area contributed by atoms with E-state index in [4.69, 9.17) is 4.98 Å². The predicted octanol–water partition coefficient (Wildman–Crippen LogP) is 11.5. The summed E-state index contributed by atoms with van der Waals surface area (Å²) >= 11 is 0. The molecule has 2 aliphatic rings. The fourth-order valence-corrected chi connectivity index (χ4v) is 8.16. The fraction of sp³-hybridized carbons (Fsp3) is 0.0682. The summed E-state index contributed by atoms with van der Waals surface area (Å²) in [4.78, 5) is 5.13. The van der Waals surface area contributed by atoms with Crippen molar-refractivity contribution in [3.05, 3.63) is 157 Å². The predicted molar refractivity (Wildman–Crippen MR) is 191 cm³/mol. The van der Waals surface area contributed by atoms with Gasteiger partial charge in [0.2, 0.25) is 0 Å². The van der Waals surface area contributed by atoms with E-state index in [0.29, 0.717) is 0 Å². The van der Waals surface area contributed by atoms with Crippen LogP contribution in [0.5, 0.6) is 0 Å². The highest BCUT2D eigenvalue weighted by Gasteiger charge is 2.39. The molecule has 0 unspecified atom stereocenters. The Morgan fingerprint density at radius 2 is 1.20 bits per heavy atom. The van der Waals surface area contributed by atoms with Gasteiger partial charge in [0.05, 0.1) is 11.0 Å². The van der Waals surface area contributed by atoms with Gasteiger partial charge in [-0.3, -0.25) is 4.57 Å². The Kier molecular flexibility index (Phi) is 5.09. The van der Waals surface area contributed by atoms with E-state index < -0.39 is 0 Å². The number of fused-ring (bicyclic) bond motifs is 8. The lowest BCUT2D eigenvalue weighted by Crippen LogP contribution is -2.15. The Labute approximate surface area is 268 Å². The van der Waals surface area contributed by atoms with Gasteiger partial charge in [-0.1, -0.05) is 117 Å². The number of aromatic nitrogens is 2. The van der Waals surface area contributed by atoms with Crippen molar-refractivity contribution in [1.29, 1.82) is 0 Å². The van der Waals surface area contributed by atoms with E-state index in [1.54, 1.807) is 0 Å². The lowest BCUT2D eigenvalue weighted by atomic mass is 9.80. The highest BCUT2D eigenvalue weighted by atomic mass is 15.1. The van der Waals surface area contributed by atoms with Crippen LogP contribution in [0.15, 0.2) is 146 Å². The van der Waals surface area contributed by atoms with E-state index in [1.807, 2.05) is 0 Å². The van der Waals surface area contributed by atoms with Gasteiger partial charge in [0, 0.05) is 16.7 Å². The zero-order valence-corrected chi connectivity index (χ0v) is 25.8. The fourth-order valence-electron chi connectivity index (χ4n) is 8.16. The van der Waals surface area contributed by atoms with Gasteiger partial charge >= 0.3 is 0 Å². The van der Waals surface area contributed by atoms with Crippen molar-refractivity contribution in [1.82, 2.24) is 9.55 Å². The van der Waals surface area contributed by atoms with Crippen molar-refractivity contribution in [2.45, 2.75) is 19.3 Å². The molecule has 0 atom stereocenters. The lowest BCUT2D eigenvalue weighted by molar-refractivity contribution is 0.661. The Bertz CT molecular complexity index is 2550. The van der Waals surface area contributed by atoms with Crippen molar-refractivity contribution in [3.63, 3.8) is 0 Å². The summed E-state index contributed by atoms with van der Waals surface area (Å²) in [5.74, 6) is 0.952. The second-order valence-corrected chi connectivity index (χ2v) is 13.2. The standard InChI is InChI=1S/C44H30N2/c1-44(2)37-25-28(22-23-34(37)42-35-19-11-18-33-31-16-6-7-17-32(31)36(41(33)35)26-38(42)44)27-12-10-13-29(24-27)43-45-39-20-8-9-21-40(39)46(43)30-14-4-3-5-15-30/h3-26H,1-2H3. The Morgan fingerprint density at radius 3 is 2.07 bits per heavy atom. The van der Waals surface area contributed by atoms with Gasteiger partial charge in [0.1, 0.15) is 5.82 Å². The smallest absolute Gasteiger partial charge is 0.145 e. The molecule has 0 aliphatic heterocycles. The van der Waals surface area contributed by atoms with Crippen LogP contribution in [-0.4, -0.2) is 9.55 Å². The van der Waals surface area contributed by atoms with Gasteiger partial charge < -0.3 is 0 Å². The van der Waals surface area contributed by atoms with E-state index >= 15 is 0 Å².